The van der Waals surface area contributed by atoms with Gasteiger partial charge in [-0.25, -0.2) is 0 Å². The van der Waals surface area contributed by atoms with Crippen LogP contribution in [0, 0.1) is 11.3 Å². The van der Waals surface area contributed by atoms with E-state index in [1.165, 1.54) is 0 Å². The number of aliphatic carboxylic acids is 1. The van der Waals surface area contributed by atoms with Crippen molar-refractivity contribution in [3.63, 3.8) is 0 Å². The molecule has 5 heteroatoms. The number of rotatable bonds is 8. The lowest BCUT2D eigenvalue weighted by Crippen LogP contribution is -2.43. The number of carboxylic acid groups (broad SMARTS) is 1. The molecule has 1 aromatic rings. The van der Waals surface area contributed by atoms with Crippen LogP contribution in [0.2, 0.25) is 0 Å². The highest BCUT2D eigenvalue weighted by atomic mass is 16.5. The van der Waals surface area contributed by atoms with Crippen molar-refractivity contribution in [2.45, 2.75) is 39.0 Å². The van der Waals surface area contributed by atoms with E-state index in [1.807, 2.05) is 38.1 Å². The van der Waals surface area contributed by atoms with Crippen molar-refractivity contribution >= 4 is 11.9 Å². The van der Waals surface area contributed by atoms with E-state index >= 15 is 0 Å². The summed E-state index contributed by atoms with van der Waals surface area (Å²) in [5.41, 5.74) is 0.232. The Hall–Kier alpha value is -2.04. The molecule has 1 aromatic carbocycles. The van der Waals surface area contributed by atoms with Gasteiger partial charge in [0.15, 0.2) is 0 Å². The van der Waals surface area contributed by atoms with E-state index in [0.717, 1.165) is 17.7 Å². The van der Waals surface area contributed by atoms with E-state index in [2.05, 4.69) is 5.32 Å². The second-order valence-electron chi connectivity index (χ2n) is 6.24. The van der Waals surface area contributed by atoms with E-state index < -0.39 is 11.4 Å². The molecule has 2 N–H and O–H groups in total. The Bertz CT molecular complexity index is 580. The minimum atomic E-state index is -0.865. The SMILES string of the molecule is CCC(CC)(CNC(=O)C1CC1c1cccc(OC)c1)C(=O)O. The van der Waals surface area contributed by atoms with E-state index in [1.54, 1.807) is 7.11 Å². The first-order valence-electron chi connectivity index (χ1n) is 8.12. The van der Waals surface area contributed by atoms with Gasteiger partial charge in [0.1, 0.15) is 5.75 Å². The van der Waals surface area contributed by atoms with Gasteiger partial charge in [-0.2, -0.15) is 0 Å². The van der Waals surface area contributed by atoms with Crippen LogP contribution >= 0.6 is 0 Å². The zero-order chi connectivity index (χ0) is 17.0. The summed E-state index contributed by atoms with van der Waals surface area (Å²) in [4.78, 5) is 23.8. The number of nitrogens with one attached hydrogen (secondary N) is 1. The van der Waals surface area contributed by atoms with E-state index in [4.69, 9.17) is 4.74 Å². The van der Waals surface area contributed by atoms with E-state index in [-0.39, 0.29) is 24.3 Å². The van der Waals surface area contributed by atoms with Crippen LogP contribution in [0.4, 0.5) is 0 Å². The molecule has 1 amide bonds. The summed E-state index contributed by atoms with van der Waals surface area (Å²) in [6.07, 6.45) is 1.81. The van der Waals surface area contributed by atoms with Gasteiger partial charge in [0, 0.05) is 12.5 Å². The van der Waals surface area contributed by atoms with Crippen LogP contribution in [0.25, 0.3) is 0 Å². The first kappa shape index (κ1) is 17.3. The number of carbonyl (C=O) groups excluding carboxylic acids is 1. The lowest BCUT2D eigenvalue weighted by Gasteiger charge is -2.26. The van der Waals surface area contributed by atoms with Gasteiger partial charge in [-0.05, 0) is 42.9 Å². The summed E-state index contributed by atoms with van der Waals surface area (Å²) < 4.78 is 5.21. The number of benzene rings is 1. The molecule has 0 spiro atoms. The summed E-state index contributed by atoms with van der Waals surface area (Å²) in [7, 11) is 1.62. The third-order valence-corrected chi connectivity index (χ3v) is 5.06. The lowest BCUT2D eigenvalue weighted by atomic mass is 9.82. The molecule has 0 aliphatic heterocycles. The number of carbonyl (C=O) groups is 2. The maximum atomic E-state index is 12.3. The summed E-state index contributed by atoms with van der Waals surface area (Å²) in [5.74, 6) is 0.0265. The Morgan fingerprint density at radius 2 is 2.04 bits per heavy atom. The number of carboxylic acids is 1. The Kier molecular flexibility index (Phi) is 5.29. The topological polar surface area (TPSA) is 75.6 Å². The Balaban J connectivity index is 1.94. The average molecular weight is 319 g/mol. The van der Waals surface area contributed by atoms with Gasteiger partial charge < -0.3 is 15.2 Å². The van der Waals surface area contributed by atoms with Crippen LogP contribution < -0.4 is 10.1 Å². The van der Waals surface area contributed by atoms with Crippen molar-refractivity contribution in [3.8, 4) is 5.75 Å². The van der Waals surface area contributed by atoms with Gasteiger partial charge in [0.05, 0.1) is 12.5 Å². The van der Waals surface area contributed by atoms with Crippen molar-refractivity contribution in [1.82, 2.24) is 5.32 Å². The zero-order valence-corrected chi connectivity index (χ0v) is 14.0. The van der Waals surface area contributed by atoms with Crippen molar-refractivity contribution in [2.75, 3.05) is 13.7 Å². The van der Waals surface area contributed by atoms with Gasteiger partial charge in [-0.15, -0.1) is 0 Å². The van der Waals surface area contributed by atoms with Crippen LogP contribution in [0.3, 0.4) is 0 Å². The highest BCUT2D eigenvalue weighted by Gasteiger charge is 2.45. The van der Waals surface area contributed by atoms with E-state index in [0.29, 0.717) is 12.8 Å². The molecule has 2 atom stereocenters. The Morgan fingerprint density at radius 3 is 2.61 bits per heavy atom. The predicted octanol–water partition coefficient (Wildman–Crippen LogP) is 2.81. The quantitative estimate of drug-likeness (QED) is 0.772. The fourth-order valence-electron chi connectivity index (χ4n) is 2.99. The van der Waals surface area contributed by atoms with Crippen LogP contribution in [-0.2, 0) is 9.59 Å². The number of amides is 1. The molecule has 2 unspecified atom stereocenters. The second kappa shape index (κ2) is 7.02. The molecule has 0 heterocycles. The van der Waals surface area contributed by atoms with Gasteiger partial charge in [-0.1, -0.05) is 26.0 Å². The summed E-state index contributed by atoms with van der Waals surface area (Å²) in [6, 6.07) is 7.76. The maximum absolute atomic E-state index is 12.3. The zero-order valence-electron chi connectivity index (χ0n) is 14.0. The molecular formula is C18H25NO4. The monoisotopic (exact) mass is 319 g/mol. The van der Waals surface area contributed by atoms with Crippen molar-refractivity contribution in [2.24, 2.45) is 11.3 Å². The van der Waals surface area contributed by atoms with Gasteiger partial charge >= 0.3 is 5.97 Å². The molecule has 0 radical (unpaired) electrons. The largest absolute Gasteiger partial charge is 0.497 e. The van der Waals surface area contributed by atoms with E-state index in [9.17, 15) is 14.7 Å². The first-order chi connectivity index (χ1) is 11.0. The van der Waals surface area contributed by atoms with Gasteiger partial charge in [0.2, 0.25) is 5.91 Å². The Morgan fingerprint density at radius 1 is 1.35 bits per heavy atom. The lowest BCUT2D eigenvalue weighted by molar-refractivity contribution is -0.149. The fourth-order valence-corrected chi connectivity index (χ4v) is 2.99. The molecule has 1 fully saturated rings. The van der Waals surface area contributed by atoms with Crippen LogP contribution in [-0.4, -0.2) is 30.6 Å². The number of ether oxygens (including phenoxy) is 1. The van der Waals surface area contributed by atoms with Crippen LogP contribution in [0.1, 0.15) is 44.6 Å². The van der Waals surface area contributed by atoms with Crippen LogP contribution in [0.15, 0.2) is 24.3 Å². The summed E-state index contributed by atoms with van der Waals surface area (Å²) in [6.45, 7) is 3.88. The predicted molar refractivity (Wildman–Crippen MR) is 87.5 cm³/mol. The molecule has 23 heavy (non-hydrogen) atoms. The molecule has 1 saturated carbocycles. The van der Waals surface area contributed by atoms with Crippen LogP contribution in [0.5, 0.6) is 5.75 Å². The first-order valence-corrected chi connectivity index (χ1v) is 8.12. The molecule has 0 aromatic heterocycles. The molecule has 0 bridgehead atoms. The molecule has 2 rings (SSSR count). The molecule has 1 aliphatic carbocycles. The minimum Gasteiger partial charge on any atom is -0.497 e. The third kappa shape index (κ3) is 3.66. The Labute approximate surface area is 137 Å². The molecule has 5 nitrogen and oxygen atoms in total. The fraction of sp³-hybridized carbons (Fsp3) is 0.556. The summed E-state index contributed by atoms with van der Waals surface area (Å²) in [5, 5.41) is 12.3. The third-order valence-electron chi connectivity index (χ3n) is 5.06. The minimum absolute atomic E-state index is 0.0506. The van der Waals surface area contributed by atoms with Gasteiger partial charge in [-0.3, -0.25) is 9.59 Å². The standard InChI is InChI=1S/C18H25NO4/c1-4-18(5-2,17(21)22)11-19-16(20)15-10-14(15)12-7-6-8-13(9-12)23-3/h6-9,14-15H,4-5,10-11H2,1-3H3,(H,19,20)(H,21,22). The average Bonchev–Trinajstić information content (AvgIpc) is 3.36. The highest BCUT2D eigenvalue weighted by molar-refractivity contribution is 5.84. The number of hydrogen-bond acceptors (Lipinski definition) is 3. The summed E-state index contributed by atoms with van der Waals surface area (Å²) >= 11 is 0. The molecule has 1 aliphatic rings. The highest BCUT2D eigenvalue weighted by Crippen LogP contribution is 2.48. The molecule has 0 saturated heterocycles. The van der Waals surface area contributed by atoms with Crippen molar-refractivity contribution < 1.29 is 19.4 Å². The molecule has 126 valence electrons. The second-order valence-corrected chi connectivity index (χ2v) is 6.24. The number of methoxy groups -OCH3 is 1. The smallest absolute Gasteiger partial charge is 0.311 e. The molecular weight excluding hydrogens is 294 g/mol. The van der Waals surface area contributed by atoms with Crippen molar-refractivity contribution in [3.05, 3.63) is 29.8 Å². The number of hydrogen-bond donors (Lipinski definition) is 2. The van der Waals surface area contributed by atoms with Crippen molar-refractivity contribution in [1.29, 1.82) is 0 Å². The normalized spacial score (nSPS) is 20.0. The maximum Gasteiger partial charge on any atom is 0.311 e. The van der Waals surface area contributed by atoms with Gasteiger partial charge in [0.25, 0.3) is 0 Å².